The van der Waals surface area contributed by atoms with Crippen molar-refractivity contribution in [1.82, 2.24) is 0 Å². The number of benzene rings is 4. The molecule has 0 fully saturated rings. The van der Waals surface area contributed by atoms with Crippen molar-refractivity contribution in [3.8, 4) is 11.5 Å². The molecule has 0 heterocycles. The number of hydrogen-bond acceptors (Lipinski definition) is 3. The zero-order valence-corrected chi connectivity index (χ0v) is 23.2. The number of ether oxygens (including phenoxy) is 1. The number of rotatable bonds is 8. The van der Waals surface area contributed by atoms with Gasteiger partial charge in [-0.2, -0.15) is 0 Å². The number of nitrogens with one attached hydrogen (secondary N) is 2. The lowest BCUT2D eigenvalue weighted by atomic mass is 10.2. The van der Waals surface area contributed by atoms with Crippen molar-refractivity contribution in [2.75, 3.05) is 10.6 Å². The Labute approximate surface area is 245 Å². The van der Waals surface area contributed by atoms with Crippen LogP contribution in [-0.4, -0.2) is 11.8 Å². The zero-order chi connectivity index (χ0) is 27.8. The van der Waals surface area contributed by atoms with E-state index in [1.54, 1.807) is 97.1 Å². The number of amides is 2. The van der Waals surface area contributed by atoms with E-state index in [0.29, 0.717) is 54.1 Å². The molecule has 0 aliphatic heterocycles. The molecule has 5 nitrogen and oxygen atoms in total. The summed E-state index contributed by atoms with van der Waals surface area (Å²) in [6, 6.07) is 23.9. The van der Waals surface area contributed by atoms with Gasteiger partial charge in [-0.15, -0.1) is 0 Å². The number of carbonyl (C=O) groups excluding carboxylic acids is 2. The number of halogens is 4. The third-order valence-electron chi connectivity index (χ3n) is 5.23. The third kappa shape index (κ3) is 8.63. The van der Waals surface area contributed by atoms with Crippen molar-refractivity contribution in [2.24, 2.45) is 0 Å². The second-order valence-corrected chi connectivity index (χ2v) is 9.81. The lowest BCUT2D eigenvalue weighted by molar-refractivity contribution is -0.112. The summed E-state index contributed by atoms with van der Waals surface area (Å²) >= 11 is 24.0. The molecular formula is C30H20Cl4N2O3. The SMILES string of the molecule is O=C(C=Cc1ccc(Cl)cc1Cl)Nc1ccc(Oc2ccc(NC(=O)C=Cc3ccc(Cl)cc3Cl)cc2)cc1. The number of carbonyl (C=O) groups is 2. The average Bonchev–Trinajstić information content (AvgIpc) is 2.90. The van der Waals surface area contributed by atoms with Crippen LogP contribution in [0.2, 0.25) is 20.1 Å². The maximum Gasteiger partial charge on any atom is 0.248 e. The van der Waals surface area contributed by atoms with Crippen molar-refractivity contribution in [1.29, 1.82) is 0 Å². The molecule has 0 saturated heterocycles. The van der Waals surface area contributed by atoms with Gasteiger partial charge in [-0.1, -0.05) is 58.5 Å². The molecule has 0 radical (unpaired) electrons. The van der Waals surface area contributed by atoms with Gasteiger partial charge in [-0.3, -0.25) is 9.59 Å². The van der Waals surface area contributed by atoms with E-state index >= 15 is 0 Å². The van der Waals surface area contributed by atoms with Crippen molar-refractivity contribution in [3.63, 3.8) is 0 Å². The predicted molar refractivity (Wildman–Crippen MR) is 161 cm³/mol. The Hall–Kier alpha value is -3.74. The molecular weight excluding hydrogens is 578 g/mol. The first-order valence-electron chi connectivity index (χ1n) is 11.5. The molecule has 4 aromatic carbocycles. The summed E-state index contributed by atoms with van der Waals surface area (Å²) in [7, 11) is 0. The molecule has 0 aromatic heterocycles. The van der Waals surface area contributed by atoms with Crippen molar-refractivity contribution in [3.05, 3.63) is 128 Å². The van der Waals surface area contributed by atoms with Gasteiger partial charge >= 0.3 is 0 Å². The van der Waals surface area contributed by atoms with Gasteiger partial charge in [-0.05, 0) is 96.1 Å². The smallest absolute Gasteiger partial charge is 0.248 e. The first kappa shape index (κ1) is 28.3. The highest BCUT2D eigenvalue weighted by Crippen LogP contribution is 2.26. The largest absolute Gasteiger partial charge is 0.457 e. The first-order valence-corrected chi connectivity index (χ1v) is 13.0. The van der Waals surface area contributed by atoms with Crippen LogP contribution in [-0.2, 0) is 9.59 Å². The predicted octanol–water partition coefficient (Wildman–Crippen LogP) is 9.40. The quantitative estimate of drug-likeness (QED) is 0.199. The van der Waals surface area contributed by atoms with E-state index in [1.165, 1.54) is 12.2 Å². The fourth-order valence-electron chi connectivity index (χ4n) is 3.32. The van der Waals surface area contributed by atoms with E-state index in [2.05, 4.69) is 10.6 Å². The van der Waals surface area contributed by atoms with Gasteiger partial charge in [0.2, 0.25) is 11.8 Å². The maximum absolute atomic E-state index is 12.2. The minimum atomic E-state index is -0.307. The van der Waals surface area contributed by atoms with Crippen LogP contribution in [0, 0.1) is 0 Å². The van der Waals surface area contributed by atoms with E-state index < -0.39 is 0 Å². The van der Waals surface area contributed by atoms with Gasteiger partial charge in [0.05, 0.1) is 0 Å². The van der Waals surface area contributed by atoms with Gasteiger partial charge in [-0.25, -0.2) is 0 Å². The lowest BCUT2D eigenvalue weighted by Gasteiger charge is -2.08. The fourth-order valence-corrected chi connectivity index (χ4v) is 4.26. The monoisotopic (exact) mass is 596 g/mol. The maximum atomic E-state index is 12.2. The molecule has 196 valence electrons. The summed E-state index contributed by atoms with van der Waals surface area (Å²) in [5.41, 5.74) is 2.57. The molecule has 0 atom stereocenters. The molecule has 2 amide bonds. The molecule has 2 N–H and O–H groups in total. The van der Waals surface area contributed by atoms with Crippen molar-refractivity contribution in [2.45, 2.75) is 0 Å². The van der Waals surface area contributed by atoms with Gasteiger partial charge in [0, 0.05) is 43.6 Å². The average molecular weight is 598 g/mol. The third-order valence-corrected chi connectivity index (χ3v) is 6.36. The summed E-state index contributed by atoms with van der Waals surface area (Å²) in [4.78, 5) is 24.5. The lowest BCUT2D eigenvalue weighted by Crippen LogP contribution is -2.07. The van der Waals surface area contributed by atoms with Crippen LogP contribution >= 0.6 is 46.4 Å². The zero-order valence-electron chi connectivity index (χ0n) is 20.1. The Morgan fingerprint density at radius 3 is 1.31 bits per heavy atom. The van der Waals surface area contributed by atoms with E-state index in [9.17, 15) is 9.59 Å². The van der Waals surface area contributed by atoms with E-state index in [1.807, 2.05) is 0 Å². The molecule has 0 aliphatic rings. The van der Waals surface area contributed by atoms with Gasteiger partial charge < -0.3 is 15.4 Å². The summed E-state index contributed by atoms with van der Waals surface area (Å²) in [5, 5.41) is 7.52. The highest BCUT2D eigenvalue weighted by molar-refractivity contribution is 6.36. The number of hydrogen-bond donors (Lipinski definition) is 2. The summed E-state index contributed by atoms with van der Waals surface area (Å²) in [6.07, 6.45) is 6.01. The molecule has 4 aromatic rings. The minimum absolute atomic E-state index is 0.307. The molecule has 4 rings (SSSR count). The van der Waals surface area contributed by atoms with Crippen LogP contribution in [0.25, 0.3) is 12.2 Å². The van der Waals surface area contributed by atoms with Crippen molar-refractivity contribution >= 4 is 81.7 Å². The normalized spacial score (nSPS) is 11.1. The van der Waals surface area contributed by atoms with Crippen LogP contribution in [0.1, 0.15) is 11.1 Å². The minimum Gasteiger partial charge on any atom is -0.457 e. The van der Waals surface area contributed by atoms with Crippen LogP contribution in [0.4, 0.5) is 11.4 Å². The number of anilines is 2. The standard InChI is InChI=1S/C30H20Cl4N2O3/c31-21-5-1-19(27(33)17-21)3-15-29(37)35-23-7-11-25(12-8-23)39-26-13-9-24(10-14-26)36-30(38)16-4-20-2-6-22(32)18-28(20)34/h1-18H,(H,35,37)(H,36,38). The second kappa shape index (κ2) is 13.4. The second-order valence-electron chi connectivity index (χ2n) is 8.13. The highest BCUT2D eigenvalue weighted by atomic mass is 35.5. The Kier molecular flexibility index (Phi) is 9.69. The van der Waals surface area contributed by atoms with Gasteiger partial charge in [0.25, 0.3) is 0 Å². The van der Waals surface area contributed by atoms with E-state index in [0.717, 1.165) is 0 Å². The van der Waals surface area contributed by atoms with E-state index in [4.69, 9.17) is 51.1 Å². The summed E-state index contributed by atoms with van der Waals surface area (Å²) < 4.78 is 5.85. The van der Waals surface area contributed by atoms with Crippen LogP contribution in [0.3, 0.4) is 0 Å². The Morgan fingerprint density at radius 2 is 0.949 bits per heavy atom. The molecule has 0 bridgehead atoms. The molecule has 0 spiro atoms. The van der Waals surface area contributed by atoms with Gasteiger partial charge in [0.15, 0.2) is 0 Å². The summed E-state index contributed by atoms with van der Waals surface area (Å²) in [6.45, 7) is 0. The van der Waals surface area contributed by atoms with Gasteiger partial charge in [0.1, 0.15) is 11.5 Å². The highest BCUT2D eigenvalue weighted by Gasteiger charge is 2.04. The molecule has 0 saturated carbocycles. The molecule has 9 heteroatoms. The summed E-state index contributed by atoms with van der Waals surface area (Å²) in [5.74, 6) is 0.545. The van der Waals surface area contributed by atoms with Crippen LogP contribution in [0.15, 0.2) is 97.1 Å². The Balaban J connectivity index is 1.28. The van der Waals surface area contributed by atoms with Crippen LogP contribution < -0.4 is 15.4 Å². The molecule has 0 unspecified atom stereocenters. The molecule has 0 aliphatic carbocycles. The van der Waals surface area contributed by atoms with E-state index in [-0.39, 0.29) is 11.8 Å². The van der Waals surface area contributed by atoms with Crippen molar-refractivity contribution < 1.29 is 14.3 Å². The topological polar surface area (TPSA) is 67.4 Å². The first-order chi connectivity index (χ1) is 18.7. The fraction of sp³-hybridized carbons (Fsp3) is 0. The Bertz CT molecular complexity index is 1430. The molecule has 39 heavy (non-hydrogen) atoms. The Morgan fingerprint density at radius 1 is 0.564 bits per heavy atom. The van der Waals surface area contributed by atoms with Crippen LogP contribution in [0.5, 0.6) is 11.5 Å².